The Kier molecular flexibility index (Phi) is 8.05. The molecule has 0 N–H and O–H groups in total. The van der Waals surface area contributed by atoms with Gasteiger partial charge >= 0.3 is 20.7 Å². The summed E-state index contributed by atoms with van der Waals surface area (Å²) in [5.41, 5.74) is 0. The first-order valence-corrected chi connectivity index (χ1v) is 21.2. The quantitative estimate of drug-likeness (QED) is 0.251. The topological polar surface area (TPSA) is 71.1 Å². The molecule has 0 aromatic heterocycles. The molecule has 31 heavy (non-hydrogen) atoms. The third kappa shape index (κ3) is 5.62. The van der Waals surface area contributed by atoms with Crippen molar-refractivity contribution in [1.82, 2.24) is 0 Å². The number of hydrogen-bond donors (Lipinski definition) is 0. The molecule has 1 aliphatic heterocycles. The molecule has 0 amide bonds. The van der Waals surface area contributed by atoms with Crippen molar-refractivity contribution in [2.24, 2.45) is 23.7 Å². The normalized spacial score (nSPS) is 26.5. The van der Waals surface area contributed by atoms with Gasteiger partial charge in [-0.15, -0.1) is 0 Å². The summed E-state index contributed by atoms with van der Waals surface area (Å²) in [4.78, 5) is 22.4. The van der Waals surface area contributed by atoms with Gasteiger partial charge in [-0.05, 0) is 57.5 Å². The lowest BCUT2D eigenvalue weighted by Crippen LogP contribution is -2.61. The Morgan fingerprint density at radius 2 is 1.19 bits per heavy atom. The highest BCUT2D eigenvalue weighted by molar-refractivity contribution is 6.88. The Bertz CT molecular complexity index is 759. The Balaban J connectivity index is 0.000000191. The van der Waals surface area contributed by atoms with Crippen molar-refractivity contribution in [3.63, 3.8) is 0 Å². The molecule has 4 rings (SSSR count). The number of esters is 2. The van der Waals surface area contributed by atoms with Gasteiger partial charge in [0.2, 0.25) is 0 Å². The van der Waals surface area contributed by atoms with E-state index in [-0.39, 0.29) is 35.6 Å². The van der Waals surface area contributed by atoms with Crippen LogP contribution >= 0.6 is 0 Å². The minimum absolute atomic E-state index is 0.146. The van der Waals surface area contributed by atoms with Crippen LogP contribution in [-0.2, 0) is 26.7 Å². The van der Waals surface area contributed by atoms with Gasteiger partial charge in [-0.2, -0.15) is 0 Å². The van der Waals surface area contributed by atoms with Crippen LogP contribution in [0.15, 0.2) is 42.5 Å². The molecule has 2 bridgehead atoms. The number of benzene rings is 1. The highest BCUT2D eigenvalue weighted by atomic mass is 28.5. The molecule has 6 nitrogen and oxygen atoms in total. The van der Waals surface area contributed by atoms with Crippen LogP contribution in [0.1, 0.15) is 6.42 Å². The number of carbonyl (C=O) groups excluding carboxylic acids is 2. The van der Waals surface area contributed by atoms with Crippen molar-refractivity contribution in [2.45, 2.75) is 45.7 Å². The second-order valence-corrected chi connectivity index (χ2v) is 20.0. The van der Waals surface area contributed by atoms with E-state index in [2.05, 4.69) is 56.2 Å². The lowest BCUT2D eigenvalue weighted by molar-refractivity contribution is -0.154. The average Bonchev–Trinajstić information content (AvgIpc) is 3.36. The summed E-state index contributed by atoms with van der Waals surface area (Å²) in [7, 11) is -6.36. The molecule has 0 spiro atoms. The predicted molar refractivity (Wildman–Crippen MR) is 131 cm³/mol. The molecule has 2 aliphatic carbocycles. The first-order chi connectivity index (χ1) is 14.6. The minimum Gasteiger partial charge on any atom is -0.416 e. The minimum atomic E-state index is -2.68. The maximum absolute atomic E-state index is 11.2. The first-order valence-electron chi connectivity index (χ1n) is 11.2. The summed E-state index contributed by atoms with van der Waals surface area (Å²) in [5, 5.41) is 1.12. The van der Waals surface area contributed by atoms with Gasteiger partial charge in [0.15, 0.2) is 27.1 Å². The van der Waals surface area contributed by atoms with Gasteiger partial charge in [-0.3, -0.25) is 9.59 Å². The van der Waals surface area contributed by atoms with E-state index in [4.69, 9.17) is 12.3 Å². The SMILES string of the molecule is C[SiH](C)O[Si](O[SiH](C)C)(O[SiH](C)C)c1ccccc1.O=C1OC(=O)C2C3C=CC(C3)C12. The zero-order chi connectivity index (χ0) is 22.8. The van der Waals surface area contributed by atoms with E-state index in [1.54, 1.807) is 0 Å². The second-order valence-electron chi connectivity index (χ2n) is 9.16. The summed E-state index contributed by atoms with van der Waals surface area (Å²) in [5.74, 6) is -0.346. The zero-order valence-corrected chi connectivity index (χ0v) is 23.7. The van der Waals surface area contributed by atoms with Crippen LogP contribution in [0.4, 0.5) is 0 Å². The molecule has 4 unspecified atom stereocenters. The Morgan fingerprint density at radius 1 is 0.774 bits per heavy atom. The van der Waals surface area contributed by atoms with Gasteiger partial charge in [0, 0.05) is 5.19 Å². The van der Waals surface area contributed by atoms with Crippen molar-refractivity contribution >= 4 is 53.1 Å². The van der Waals surface area contributed by atoms with E-state index < -0.39 is 35.9 Å². The van der Waals surface area contributed by atoms with Crippen molar-refractivity contribution < 1.29 is 26.7 Å². The largest absolute Gasteiger partial charge is 0.505 e. The number of cyclic esters (lactones) is 2. The zero-order valence-electron chi connectivity index (χ0n) is 19.2. The molecule has 2 fully saturated rings. The van der Waals surface area contributed by atoms with E-state index in [1.165, 1.54) is 0 Å². The van der Waals surface area contributed by atoms with Gasteiger partial charge < -0.3 is 17.1 Å². The van der Waals surface area contributed by atoms with Crippen molar-refractivity contribution in [2.75, 3.05) is 0 Å². The predicted octanol–water partition coefficient (Wildman–Crippen LogP) is 2.34. The first kappa shape index (κ1) is 24.5. The van der Waals surface area contributed by atoms with Gasteiger partial charge in [0.25, 0.3) is 0 Å². The third-order valence-electron chi connectivity index (χ3n) is 5.50. The fourth-order valence-electron chi connectivity index (χ4n) is 4.56. The monoisotopic (exact) mass is 494 g/mol. The van der Waals surface area contributed by atoms with E-state index in [9.17, 15) is 9.59 Å². The lowest BCUT2D eigenvalue weighted by Gasteiger charge is -2.35. The number of allylic oxidation sites excluding steroid dienone is 2. The van der Waals surface area contributed by atoms with E-state index in [0.717, 1.165) is 11.6 Å². The van der Waals surface area contributed by atoms with Crippen LogP contribution in [0.5, 0.6) is 0 Å². The summed E-state index contributed by atoms with van der Waals surface area (Å²) in [6.07, 6.45) is 5.06. The van der Waals surface area contributed by atoms with Gasteiger partial charge in [-0.25, -0.2) is 0 Å². The number of rotatable bonds is 7. The highest BCUT2D eigenvalue weighted by Crippen LogP contribution is 2.51. The molecule has 3 aliphatic rings. The molecule has 10 heteroatoms. The summed E-state index contributed by atoms with van der Waals surface area (Å²) < 4.78 is 23.6. The Labute approximate surface area is 191 Å². The van der Waals surface area contributed by atoms with Gasteiger partial charge in [-0.1, -0.05) is 42.5 Å². The summed E-state index contributed by atoms with van der Waals surface area (Å²) >= 11 is 0. The van der Waals surface area contributed by atoms with E-state index >= 15 is 0 Å². The lowest BCUT2D eigenvalue weighted by atomic mass is 9.85. The van der Waals surface area contributed by atoms with Crippen molar-refractivity contribution in [1.29, 1.82) is 0 Å². The molecular weight excluding hydrogens is 461 g/mol. The fraction of sp³-hybridized carbons (Fsp3) is 0.524. The third-order valence-corrected chi connectivity index (χ3v) is 15.9. The van der Waals surface area contributed by atoms with Crippen molar-refractivity contribution in [3.05, 3.63) is 42.5 Å². The molecule has 170 valence electrons. The van der Waals surface area contributed by atoms with Crippen LogP contribution in [0.2, 0.25) is 39.3 Å². The van der Waals surface area contributed by atoms with Gasteiger partial charge in [0.1, 0.15) is 0 Å². The summed E-state index contributed by atoms with van der Waals surface area (Å²) in [6.45, 7) is 13.1. The molecule has 1 aromatic carbocycles. The molecular formula is C21H34O6Si4. The van der Waals surface area contributed by atoms with Crippen molar-refractivity contribution in [3.8, 4) is 0 Å². The van der Waals surface area contributed by atoms with E-state index in [1.807, 2.05) is 30.4 Å². The van der Waals surface area contributed by atoms with Crippen LogP contribution in [0.25, 0.3) is 0 Å². The van der Waals surface area contributed by atoms with Crippen LogP contribution < -0.4 is 5.19 Å². The number of fused-ring (bicyclic) bond motifs is 5. The average molecular weight is 495 g/mol. The molecule has 1 heterocycles. The standard InChI is InChI=1S/C12H26O3Si4.C9H8O3/c1-16(2)13-19(14-17(3)4,15-18(5)6)12-10-8-7-9-11-12;10-8-6-4-1-2-5(3-4)7(6)9(11)12-8/h7-11,16-18H,1-6H3;1-2,4-7H,3H2. The van der Waals surface area contributed by atoms with E-state index in [0.29, 0.717) is 0 Å². The number of ether oxygens (including phenoxy) is 1. The van der Waals surface area contributed by atoms with Crippen LogP contribution in [0, 0.1) is 23.7 Å². The molecule has 1 saturated carbocycles. The number of hydrogen-bond acceptors (Lipinski definition) is 6. The Morgan fingerprint density at radius 3 is 1.58 bits per heavy atom. The fourth-order valence-corrected chi connectivity index (χ4v) is 16.4. The number of carbonyl (C=O) groups is 2. The Hall–Kier alpha value is -1.15. The molecule has 4 atom stereocenters. The molecule has 0 radical (unpaired) electrons. The highest BCUT2D eigenvalue weighted by Gasteiger charge is 2.57. The molecule has 1 aromatic rings. The smallest absolute Gasteiger partial charge is 0.416 e. The molecule has 1 saturated heterocycles. The van der Waals surface area contributed by atoms with Crippen LogP contribution in [0.3, 0.4) is 0 Å². The van der Waals surface area contributed by atoms with Crippen LogP contribution in [-0.4, -0.2) is 47.9 Å². The maximum atomic E-state index is 11.2. The van der Waals surface area contributed by atoms with Gasteiger partial charge in [0.05, 0.1) is 11.8 Å². The second kappa shape index (κ2) is 10.2. The summed E-state index contributed by atoms with van der Waals surface area (Å²) in [6, 6.07) is 10.3. The maximum Gasteiger partial charge on any atom is 0.505 e.